The summed E-state index contributed by atoms with van der Waals surface area (Å²) in [4.78, 5) is 0. The minimum atomic E-state index is -2.30. The van der Waals surface area contributed by atoms with Gasteiger partial charge >= 0.3 is 8.56 Å². The molecule has 1 rings (SSSR count). The average Bonchev–Trinajstić information content (AvgIpc) is 2.11. The van der Waals surface area contributed by atoms with E-state index in [-0.39, 0.29) is 0 Å². The van der Waals surface area contributed by atoms with Crippen molar-refractivity contribution in [2.45, 2.75) is 52.8 Å². The Morgan fingerprint density at radius 2 is 1.05 bits per heavy atom. The predicted molar refractivity (Wildman–Crippen MR) is 91.3 cm³/mol. The fourth-order valence-electron chi connectivity index (χ4n) is 2.16. The number of aryl methyl sites for hydroxylation is 1. The lowest BCUT2D eigenvalue weighted by Crippen LogP contribution is -2.60. The van der Waals surface area contributed by atoms with E-state index in [2.05, 4.69) is 77.0 Å². The van der Waals surface area contributed by atoms with Crippen LogP contribution in [0.15, 0.2) is 24.3 Å². The predicted octanol–water partition coefficient (Wildman–Crippen LogP) is 3.98. The van der Waals surface area contributed by atoms with E-state index in [1.165, 1.54) is 10.8 Å². The number of hydrogen-bond donors (Lipinski definition) is 0. The summed E-state index contributed by atoms with van der Waals surface area (Å²) >= 11 is 0. The maximum absolute atomic E-state index is 6.52. The molecule has 1 aromatic carbocycles. The topological polar surface area (TPSA) is 18.5 Å². The molecule has 0 aromatic heterocycles. The normalized spacial score (nSPS) is 13.7. The summed E-state index contributed by atoms with van der Waals surface area (Å²) in [6.07, 6.45) is 0. The Labute approximate surface area is 121 Å². The van der Waals surface area contributed by atoms with Crippen LogP contribution in [-0.2, 0) is 8.23 Å². The molecule has 0 heterocycles. The lowest BCUT2D eigenvalue weighted by molar-refractivity contribution is 0.404. The van der Waals surface area contributed by atoms with Crippen LogP contribution in [0.1, 0.15) is 5.56 Å². The van der Waals surface area contributed by atoms with Crippen molar-refractivity contribution in [3.8, 4) is 0 Å². The van der Waals surface area contributed by atoms with Crippen LogP contribution in [0.2, 0.25) is 45.8 Å². The first kappa shape index (κ1) is 16.8. The minimum absolute atomic E-state index is 1.25. The van der Waals surface area contributed by atoms with Gasteiger partial charge in [0.25, 0.3) is 0 Å². The van der Waals surface area contributed by atoms with E-state index in [1.54, 1.807) is 0 Å². The van der Waals surface area contributed by atoms with Crippen LogP contribution in [-0.4, -0.2) is 25.2 Å². The van der Waals surface area contributed by atoms with Crippen molar-refractivity contribution < 1.29 is 8.23 Å². The standard InChI is InChI=1S/C14H28O2Si3/c1-13-9-11-14(12-10-13)19(8,15-17(2,3)4)16-18(5,6)7/h9-12H,1-8H3. The highest BCUT2D eigenvalue weighted by atomic mass is 28.5. The monoisotopic (exact) mass is 312 g/mol. The van der Waals surface area contributed by atoms with Gasteiger partial charge in [0.2, 0.25) is 0 Å². The fraction of sp³-hybridized carbons (Fsp3) is 0.571. The zero-order valence-corrected chi connectivity index (χ0v) is 16.6. The molecule has 0 bridgehead atoms. The summed E-state index contributed by atoms with van der Waals surface area (Å²) in [7, 11) is -5.56. The van der Waals surface area contributed by atoms with Gasteiger partial charge in [0, 0.05) is 0 Å². The first-order chi connectivity index (χ1) is 8.41. The lowest BCUT2D eigenvalue weighted by atomic mass is 10.2. The average molecular weight is 313 g/mol. The van der Waals surface area contributed by atoms with Crippen LogP contribution < -0.4 is 5.19 Å². The molecule has 0 saturated carbocycles. The summed E-state index contributed by atoms with van der Waals surface area (Å²) < 4.78 is 13.0. The molecule has 0 saturated heterocycles. The summed E-state index contributed by atoms with van der Waals surface area (Å²) in [5, 5.41) is 1.25. The second-order valence-electron chi connectivity index (χ2n) is 7.24. The Morgan fingerprint density at radius 1 is 0.684 bits per heavy atom. The fourth-order valence-corrected chi connectivity index (χ4v) is 13.8. The van der Waals surface area contributed by atoms with Crippen molar-refractivity contribution >= 4 is 30.4 Å². The summed E-state index contributed by atoms with van der Waals surface area (Å²) in [6, 6.07) is 8.67. The van der Waals surface area contributed by atoms with Gasteiger partial charge in [0.15, 0.2) is 16.6 Å². The van der Waals surface area contributed by atoms with Crippen molar-refractivity contribution in [3.63, 3.8) is 0 Å². The number of hydrogen-bond acceptors (Lipinski definition) is 2. The molecule has 0 amide bonds. The van der Waals surface area contributed by atoms with Gasteiger partial charge in [-0.2, -0.15) is 0 Å². The highest BCUT2D eigenvalue weighted by Crippen LogP contribution is 2.20. The minimum Gasteiger partial charge on any atom is -0.433 e. The van der Waals surface area contributed by atoms with Crippen molar-refractivity contribution in [1.82, 2.24) is 0 Å². The van der Waals surface area contributed by atoms with Gasteiger partial charge in [0.1, 0.15) is 0 Å². The molecule has 0 fully saturated rings. The zero-order chi connectivity index (χ0) is 14.9. The van der Waals surface area contributed by atoms with Crippen LogP contribution in [0.5, 0.6) is 0 Å². The second kappa shape index (κ2) is 5.65. The Hall–Kier alpha value is -0.209. The molecular formula is C14H28O2Si3. The van der Waals surface area contributed by atoms with Gasteiger partial charge in [-0.05, 0) is 57.9 Å². The van der Waals surface area contributed by atoms with Crippen LogP contribution in [0, 0.1) is 6.92 Å². The zero-order valence-electron chi connectivity index (χ0n) is 13.6. The Bertz CT molecular complexity index is 400. The molecule has 108 valence electrons. The quantitative estimate of drug-likeness (QED) is 0.766. The molecule has 19 heavy (non-hydrogen) atoms. The third-order valence-corrected chi connectivity index (χ3v) is 12.0. The third-order valence-electron chi connectivity index (χ3n) is 2.58. The Morgan fingerprint density at radius 3 is 1.37 bits per heavy atom. The Kier molecular flexibility index (Phi) is 5.01. The maximum atomic E-state index is 6.52. The van der Waals surface area contributed by atoms with Gasteiger partial charge in [0.05, 0.1) is 0 Å². The highest BCUT2D eigenvalue weighted by Gasteiger charge is 2.41. The second-order valence-corrected chi connectivity index (χ2v) is 19.8. The summed E-state index contributed by atoms with van der Waals surface area (Å²) in [5.41, 5.74) is 1.28. The number of rotatable bonds is 5. The maximum Gasteiger partial charge on any atom is 0.348 e. The van der Waals surface area contributed by atoms with E-state index in [4.69, 9.17) is 8.23 Å². The molecule has 1 aromatic rings. The lowest BCUT2D eigenvalue weighted by Gasteiger charge is -2.38. The van der Waals surface area contributed by atoms with Crippen molar-refractivity contribution in [2.75, 3.05) is 0 Å². The summed E-state index contributed by atoms with van der Waals surface area (Å²) in [5.74, 6) is 0. The van der Waals surface area contributed by atoms with Crippen LogP contribution in [0.4, 0.5) is 0 Å². The first-order valence-corrected chi connectivity index (χ1v) is 16.0. The van der Waals surface area contributed by atoms with E-state index >= 15 is 0 Å². The molecule has 0 aliphatic heterocycles. The molecule has 0 unspecified atom stereocenters. The van der Waals surface area contributed by atoms with E-state index < -0.39 is 25.2 Å². The molecule has 0 N–H and O–H groups in total. The van der Waals surface area contributed by atoms with Gasteiger partial charge in [-0.1, -0.05) is 29.8 Å². The smallest absolute Gasteiger partial charge is 0.348 e. The molecule has 5 heteroatoms. The molecule has 0 aliphatic rings. The van der Waals surface area contributed by atoms with Crippen LogP contribution in [0.25, 0.3) is 0 Å². The SMILES string of the molecule is Cc1ccc([Si](C)(O[Si](C)(C)C)O[Si](C)(C)C)cc1. The van der Waals surface area contributed by atoms with Crippen molar-refractivity contribution in [3.05, 3.63) is 29.8 Å². The Balaban J connectivity index is 3.14. The third kappa shape index (κ3) is 5.74. The van der Waals surface area contributed by atoms with Crippen LogP contribution >= 0.6 is 0 Å². The molecular weight excluding hydrogens is 284 g/mol. The summed E-state index contributed by atoms with van der Waals surface area (Å²) in [6.45, 7) is 17.7. The van der Waals surface area contributed by atoms with Gasteiger partial charge in [-0.3, -0.25) is 0 Å². The molecule has 0 radical (unpaired) electrons. The van der Waals surface area contributed by atoms with Crippen molar-refractivity contribution in [2.24, 2.45) is 0 Å². The highest BCUT2D eigenvalue weighted by molar-refractivity contribution is 6.94. The van der Waals surface area contributed by atoms with Gasteiger partial charge in [-0.15, -0.1) is 0 Å². The molecule has 2 nitrogen and oxygen atoms in total. The largest absolute Gasteiger partial charge is 0.433 e. The van der Waals surface area contributed by atoms with E-state index in [9.17, 15) is 0 Å². The van der Waals surface area contributed by atoms with Crippen molar-refractivity contribution in [1.29, 1.82) is 0 Å². The van der Waals surface area contributed by atoms with E-state index in [1.807, 2.05) is 0 Å². The molecule has 0 atom stereocenters. The van der Waals surface area contributed by atoms with Crippen LogP contribution in [0.3, 0.4) is 0 Å². The number of benzene rings is 1. The molecule has 0 aliphatic carbocycles. The van der Waals surface area contributed by atoms with Gasteiger partial charge < -0.3 is 8.23 Å². The first-order valence-electron chi connectivity index (χ1n) is 6.89. The van der Waals surface area contributed by atoms with Gasteiger partial charge in [-0.25, -0.2) is 0 Å². The molecule has 0 spiro atoms. The van der Waals surface area contributed by atoms with E-state index in [0.717, 1.165) is 0 Å². The van der Waals surface area contributed by atoms with E-state index in [0.29, 0.717) is 0 Å².